The smallest absolute Gasteiger partial charge is 0.137 e. The summed E-state index contributed by atoms with van der Waals surface area (Å²) in [5, 5.41) is 11.0. The summed E-state index contributed by atoms with van der Waals surface area (Å²) in [6.45, 7) is 2.41. The molecule has 0 saturated heterocycles. The molecule has 0 aromatic carbocycles. The van der Waals surface area contributed by atoms with Gasteiger partial charge in [-0.05, 0) is 25.1 Å². The number of nitrogens with one attached hydrogen (secondary N) is 2. The van der Waals surface area contributed by atoms with Crippen LogP contribution in [0.5, 0.6) is 0 Å². The molecule has 19 heavy (non-hydrogen) atoms. The third kappa shape index (κ3) is 3.28. The van der Waals surface area contributed by atoms with Crippen molar-refractivity contribution in [2.75, 3.05) is 17.6 Å². The zero-order valence-electron chi connectivity index (χ0n) is 10.9. The topological polar surface area (TPSA) is 87.7 Å². The van der Waals surface area contributed by atoms with Gasteiger partial charge < -0.3 is 16.5 Å². The van der Waals surface area contributed by atoms with Crippen molar-refractivity contribution >= 4 is 17.2 Å². The molecular weight excluding hydrogens is 238 g/mol. The summed E-state index contributed by atoms with van der Waals surface area (Å²) in [5.74, 6) is 0.656. The summed E-state index contributed by atoms with van der Waals surface area (Å²) in [6.07, 6.45) is 4.22. The van der Waals surface area contributed by atoms with Crippen LogP contribution in [0.3, 0.4) is 0 Å². The Labute approximate surface area is 112 Å². The van der Waals surface area contributed by atoms with Crippen LogP contribution in [0.4, 0.5) is 11.5 Å². The third-order valence-electron chi connectivity index (χ3n) is 2.76. The van der Waals surface area contributed by atoms with Crippen molar-refractivity contribution in [3.8, 4) is 0 Å². The molecule has 2 rings (SSSR count). The maximum Gasteiger partial charge on any atom is 0.137 e. The number of rotatable bonds is 5. The van der Waals surface area contributed by atoms with E-state index in [0.717, 1.165) is 12.1 Å². The fraction of sp³-hybridized carbons (Fsp3) is 0.214. The van der Waals surface area contributed by atoms with Crippen LogP contribution in [-0.2, 0) is 6.42 Å². The molecule has 5 nitrogen and oxygen atoms in total. The molecule has 0 atom stereocenters. The molecule has 2 aromatic heterocycles. The van der Waals surface area contributed by atoms with Gasteiger partial charge in [0.25, 0.3) is 0 Å². The zero-order chi connectivity index (χ0) is 13.7. The largest absolute Gasteiger partial charge is 0.398 e. The van der Waals surface area contributed by atoms with E-state index in [0.29, 0.717) is 29.3 Å². The summed E-state index contributed by atoms with van der Waals surface area (Å²) in [4.78, 5) is 8.50. The van der Waals surface area contributed by atoms with E-state index in [1.807, 2.05) is 18.2 Å². The number of nitrogens with two attached hydrogens (primary N) is 1. The van der Waals surface area contributed by atoms with Crippen molar-refractivity contribution in [3.63, 3.8) is 0 Å². The Hall–Kier alpha value is -2.43. The van der Waals surface area contributed by atoms with Crippen LogP contribution in [-0.4, -0.2) is 22.2 Å². The molecule has 0 unspecified atom stereocenters. The molecule has 0 radical (unpaired) electrons. The molecule has 0 amide bonds. The van der Waals surface area contributed by atoms with Gasteiger partial charge in [-0.1, -0.05) is 6.07 Å². The number of anilines is 2. The van der Waals surface area contributed by atoms with Gasteiger partial charge >= 0.3 is 0 Å². The SMILES string of the molecule is CC(=N)c1c(N)ccnc1NCCc1ccccn1. The van der Waals surface area contributed by atoms with Gasteiger partial charge in [0.1, 0.15) is 5.82 Å². The quantitative estimate of drug-likeness (QED) is 0.714. The van der Waals surface area contributed by atoms with Crippen LogP contribution in [0.25, 0.3) is 0 Å². The molecule has 0 aliphatic heterocycles. The molecule has 0 aliphatic carbocycles. The minimum Gasteiger partial charge on any atom is -0.398 e. The van der Waals surface area contributed by atoms with Gasteiger partial charge in [-0.2, -0.15) is 0 Å². The zero-order valence-corrected chi connectivity index (χ0v) is 10.9. The van der Waals surface area contributed by atoms with Crippen LogP contribution in [0.2, 0.25) is 0 Å². The van der Waals surface area contributed by atoms with Gasteiger partial charge in [-0.25, -0.2) is 4.98 Å². The summed E-state index contributed by atoms with van der Waals surface area (Å²) < 4.78 is 0. The average molecular weight is 255 g/mol. The Bertz CT molecular complexity index is 565. The van der Waals surface area contributed by atoms with E-state index in [-0.39, 0.29) is 0 Å². The lowest BCUT2D eigenvalue weighted by atomic mass is 10.1. The highest BCUT2D eigenvalue weighted by Gasteiger charge is 2.09. The molecule has 0 aliphatic rings. The first-order valence-electron chi connectivity index (χ1n) is 6.12. The fourth-order valence-corrected chi connectivity index (χ4v) is 1.86. The lowest BCUT2D eigenvalue weighted by Crippen LogP contribution is -2.12. The highest BCUT2D eigenvalue weighted by atomic mass is 15.0. The molecule has 4 N–H and O–H groups in total. The predicted octanol–water partition coefficient (Wildman–Crippen LogP) is 2.10. The van der Waals surface area contributed by atoms with E-state index >= 15 is 0 Å². The van der Waals surface area contributed by atoms with E-state index < -0.39 is 0 Å². The lowest BCUT2D eigenvalue weighted by molar-refractivity contribution is 0.953. The van der Waals surface area contributed by atoms with Crippen LogP contribution in [0, 0.1) is 5.41 Å². The highest BCUT2D eigenvalue weighted by molar-refractivity contribution is 6.05. The van der Waals surface area contributed by atoms with Crippen molar-refractivity contribution in [1.29, 1.82) is 5.41 Å². The van der Waals surface area contributed by atoms with Crippen molar-refractivity contribution < 1.29 is 0 Å². The Morgan fingerprint density at radius 2 is 2.11 bits per heavy atom. The van der Waals surface area contributed by atoms with Gasteiger partial charge in [-0.15, -0.1) is 0 Å². The Morgan fingerprint density at radius 3 is 2.79 bits per heavy atom. The van der Waals surface area contributed by atoms with E-state index in [2.05, 4.69) is 15.3 Å². The first kappa shape index (κ1) is 13.0. The van der Waals surface area contributed by atoms with Crippen molar-refractivity contribution in [2.45, 2.75) is 13.3 Å². The number of nitrogens with zero attached hydrogens (tertiary/aromatic N) is 2. The van der Waals surface area contributed by atoms with Crippen LogP contribution in [0.15, 0.2) is 36.7 Å². The number of aromatic nitrogens is 2. The van der Waals surface area contributed by atoms with Crippen LogP contribution < -0.4 is 11.1 Å². The second-order valence-corrected chi connectivity index (χ2v) is 4.25. The Balaban J connectivity index is 2.04. The predicted molar refractivity (Wildman–Crippen MR) is 77.6 cm³/mol. The second-order valence-electron chi connectivity index (χ2n) is 4.25. The molecule has 0 fully saturated rings. The number of pyridine rings is 2. The Morgan fingerprint density at radius 1 is 1.26 bits per heavy atom. The maximum absolute atomic E-state index is 7.74. The standard InChI is InChI=1S/C14H17N5/c1-10(15)13-12(16)6-9-19-14(13)18-8-5-11-4-2-3-7-17-11/h2-4,6-7,9,15H,5,8H2,1H3,(H3,16,18,19). The fourth-order valence-electron chi connectivity index (χ4n) is 1.86. The minimum absolute atomic E-state index is 0.408. The van der Waals surface area contributed by atoms with Crippen LogP contribution in [0.1, 0.15) is 18.2 Å². The van der Waals surface area contributed by atoms with E-state index in [4.69, 9.17) is 11.1 Å². The first-order valence-corrected chi connectivity index (χ1v) is 6.12. The molecule has 2 aromatic rings. The summed E-state index contributed by atoms with van der Waals surface area (Å²) in [7, 11) is 0. The monoisotopic (exact) mass is 255 g/mol. The van der Waals surface area contributed by atoms with Crippen molar-refractivity contribution in [2.24, 2.45) is 0 Å². The van der Waals surface area contributed by atoms with Gasteiger partial charge in [-0.3, -0.25) is 4.98 Å². The van der Waals surface area contributed by atoms with Crippen LogP contribution >= 0.6 is 0 Å². The maximum atomic E-state index is 7.74. The molecule has 98 valence electrons. The summed E-state index contributed by atoms with van der Waals surface area (Å²) in [5.41, 5.74) is 8.54. The molecule has 0 saturated carbocycles. The summed E-state index contributed by atoms with van der Waals surface area (Å²) in [6, 6.07) is 7.55. The average Bonchev–Trinajstić information content (AvgIpc) is 2.39. The summed E-state index contributed by atoms with van der Waals surface area (Å²) >= 11 is 0. The van der Waals surface area contributed by atoms with Gasteiger partial charge in [0.2, 0.25) is 0 Å². The van der Waals surface area contributed by atoms with E-state index in [9.17, 15) is 0 Å². The van der Waals surface area contributed by atoms with Gasteiger partial charge in [0.15, 0.2) is 0 Å². The van der Waals surface area contributed by atoms with E-state index in [1.54, 1.807) is 25.4 Å². The number of hydrogen-bond donors (Lipinski definition) is 3. The number of nitrogen functional groups attached to an aromatic ring is 1. The minimum atomic E-state index is 0.408. The van der Waals surface area contributed by atoms with E-state index in [1.165, 1.54) is 0 Å². The third-order valence-corrected chi connectivity index (χ3v) is 2.76. The van der Waals surface area contributed by atoms with Gasteiger partial charge in [0.05, 0.1) is 5.56 Å². The van der Waals surface area contributed by atoms with Crippen molar-refractivity contribution in [1.82, 2.24) is 9.97 Å². The molecular formula is C14H17N5. The second kappa shape index (κ2) is 5.95. The lowest BCUT2D eigenvalue weighted by Gasteiger charge is -2.11. The van der Waals surface area contributed by atoms with Crippen molar-refractivity contribution in [3.05, 3.63) is 47.9 Å². The molecule has 0 spiro atoms. The molecule has 5 heteroatoms. The normalized spacial score (nSPS) is 10.2. The number of hydrogen-bond acceptors (Lipinski definition) is 5. The molecule has 0 bridgehead atoms. The first-order chi connectivity index (χ1) is 9.18. The highest BCUT2D eigenvalue weighted by Crippen LogP contribution is 2.19. The van der Waals surface area contributed by atoms with Gasteiger partial charge in [0, 0.05) is 42.5 Å². The Kier molecular flexibility index (Phi) is 4.07. The molecule has 2 heterocycles.